The number of benzene rings is 1. The second-order valence-corrected chi connectivity index (χ2v) is 5.71. The summed E-state index contributed by atoms with van der Waals surface area (Å²) in [4.78, 5) is 15.4. The SMILES string of the molecule is CN=C(NCc1cccc(NC(C)=O)c1)NCc1nnc2ccccn12.I. The lowest BCUT2D eigenvalue weighted by Gasteiger charge is -2.12. The van der Waals surface area contributed by atoms with Gasteiger partial charge in [-0.25, -0.2) is 0 Å². The number of aliphatic imine (C=N–C) groups is 1. The Morgan fingerprint density at radius 1 is 1.11 bits per heavy atom. The van der Waals surface area contributed by atoms with E-state index in [-0.39, 0.29) is 29.9 Å². The summed E-state index contributed by atoms with van der Waals surface area (Å²) < 4.78 is 1.93. The van der Waals surface area contributed by atoms with Crippen LogP contribution in [0.2, 0.25) is 0 Å². The van der Waals surface area contributed by atoms with Gasteiger partial charge in [-0.1, -0.05) is 18.2 Å². The zero-order chi connectivity index (χ0) is 18.4. The topological polar surface area (TPSA) is 95.7 Å². The number of nitrogens with one attached hydrogen (secondary N) is 3. The summed E-state index contributed by atoms with van der Waals surface area (Å²) in [5, 5.41) is 17.6. The molecule has 9 heteroatoms. The normalized spacial score (nSPS) is 11.0. The number of halogens is 1. The second kappa shape index (κ2) is 9.86. The van der Waals surface area contributed by atoms with E-state index >= 15 is 0 Å². The number of fused-ring (bicyclic) bond motifs is 1. The van der Waals surface area contributed by atoms with E-state index < -0.39 is 0 Å². The number of carbonyl (C=O) groups excluding carboxylic acids is 1. The lowest BCUT2D eigenvalue weighted by atomic mass is 10.2. The van der Waals surface area contributed by atoms with E-state index in [9.17, 15) is 4.79 Å². The molecule has 2 aromatic heterocycles. The van der Waals surface area contributed by atoms with Gasteiger partial charge < -0.3 is 16.0 Å². The fourth-order valence-corrected chi connectivity index (χ4v) is 2.54. The maximum Gasteiger partial charge on any atom is 0.221 e. The number of carbonyl (C=O) groups is 1. The van der Waals surface area contributed by atoms with Gasteiger partial charge in [0.05, 0.1) is 6.54 Å². The number of anilines is 1. The molecule has 0 aliphatic rings. The third-order valence-electron chi connectivity index (χ3n) is 3.73. The third kappa shape index (κ3) is 5.64. The zero-order valence-corrected chi connectivity index (χ0v) is 17.5. The molecule has 0 spiro atoms. The van der Waals surface area contributed by atoms with Gasteiger partial charge in [0.2, 0.25) is 5.91 Å². The highest BCUT2D eigenvalue weighted by Crippen LogP contribution is 2.10. The molecule has 0 aliphatic heterocycles. The summed E-state index contributed by atoms with van der Waals surface area (Å²) >= 11 is 0. The first-order chi connectivity index (χ1) is 12.7. The van der Waals surface area contributed by atoms with E-state index in [1.165, 1.54) is 6.92 Å². The number of nitrogens with zero attached hydrogens (tertiary/aromatic N) is 4. The van der Waals surface area contributed by atoms with Crippen molar-refractivity contribution < 1.29 is 4.79 Å². The average Bonchev–Trinajstić information content (AvgIpc) is 3.05. The molecule has 0 radical (unpaired) electrons. The Balaban J connectivity index is 0.00000261. The molecule has 8 nitrogen and oxygen atoms in total. The number of amides is 1. The lowest BCUT2D eigenvalue weighted by molar-refractivity contribution is -0.114. The van der Waals surface area contributed by atoms with Crippen molar-refractivity contribution in [3.8, 4) is 0 Å². The van der Waals surface area contributed by atoms with Gasteiger partial charge in [-0.15, -0.1) is 34.2 Å². The van der Waals surface area contributed by atoms with Gasteiger partial charge >= 0.3 is 0 Å². The third-order valence-corrected chi connectivity index (χ3v) is 3.73. The maximum absolute atomic E-state index is 11.2. The van der Waals surface area contributed by atoms with Crippen LogP contribution < -0.4 is 16.0 Å². The first kappa shape index (κ1) is 20.6. The van der Waals surface area contributed by atoms with Crippen LogP contribution in [0.5, 0.6) is 0 Å². The van der Waals surface area contributed by atoms with Crippen LogP contribution in [-0.2, 0) is 17.9 Å². The van der Waals surface area contributed by atoms with Gasteiger partial charge in [-0.3, -0.25) is 14.2 Å². The molecule has 1 amide bonds. The minimum atomic E-state index is -0.0897. The number of hydrogen-bond donors (Lipinski definition) is 3. The van der Waals surface area contributed by atoms with E-state index in [2.05, 4.69) is 31.1 Å². The van der Waals surface area contributed by atoms with Crippen molar-refractivity contribution in [2.45, 2.75) is 20.0 Å². The van der Waals surface area contributed by atoms with Gasteiger partial charge in [-0.2, -0.15) is 0 Å². The van der Waals surface area contributed by atoms with E-state index in [0.29, 0.717) is 19.0 Å². The van der Waals surface area contributed by atoms with E-state index in [1.807, 2.05) is 53.1 Å². The van der Waals surface area contributed by atoms with E-state index in [0.717, 1.165) is 22.7 Å². The standard InChI is InChI=1S/C18H21N7O.HI/c1-13(26)22-15-7-5-6-14(10-15)11-20-18(19-2)21-12-17-24-23-16-8-3-4-9-25(16)17;/h3-10H,11-12H2,1-2H3,(H,22,26)(H2,19,20,21);1H. The molecule has 3 rings (SSSR count). The Hall–Kier alpha value is -2.69. The molecular weight excluding hydrogens is 457 g/mol. The first-order valence-electron chi connectivity index (χ1n) is 8.25. The van der Waals surface area contributed by atoms with Gasteiger partial charge in [0, 0.05) is 32.4 Å². The molecule has 27 heavy (non-hydrogen) atoms. The van der Waals surface area contributed by atoms with Crippen molar-refractivity contribution in [1.29, 1.82) is 0 Å². The molecule has 0 unspecified atom stereocenters. The number of rotatable bonds is 5. The van der Waals surface area contributed by atoms with Crippen LogP contribution >= 0.6 is 24.0 Å². The second-order valence-electron chi connectivity index (χ2n) is 5.71. The Morgan fingerprint density at radius 2 is 1.93 bits per heavy atom. The molecule has 142 valence electrons. The van der Waals surface area contributed by atoms with Crippen LogP contribution in [0.25, 0.3) is 5.65 Å². The number of aromatic nitrogens is 3. The molecule has 0 saturated carbocycles. The number of hydrogen-bond acceptors (Lipinski definition) is 4. The molecule has 1 aromatic carbocycles. The highest BCUT2D eigenvalue weighted by molar-refractivity contribution is 14.0. The van der Waals surface area contributed by atoms with Crippen LogP contribution in [0, 0.1) is 0 Å². The molecule has 2 heterocycles. The van der Waals surface area contributed by atoms with Gasteiger partial charge in [0.15, 0.2) is 17.4 Å². The summed E-state index contributed by atoms with van der Waals surface area (Å²) in [6.45, 7) is 2.56. The predicted octanol–water partition coefficient (Wildman–Crippen LogP) is 2.17. The molecule has 0 saturated heterocycles. The van der Waals surface area contributed by atoms with Gasteiger partial charge in [0.1, 0.15) is 0 Å². The smallest absolute Gasteiger partial charge is 0.221 e. The fourth-order valence-electron chi connectivity index (χ4n) is 2.54. The lowest BCUT2D eigenvalue weighted by Crippen LogP contribution is -2.36. The summed E-state index contributed by atoms with van der Waals surface area (Å²) in [7, 11) is 1.71. The first-order valence-corrected chi connectivity index (χ1v) is 8.25. The molecule has 0 bridgehead atoms. The van der Waals surface area contributed by atoms with Crippen molar-refractivity contribution in [2.24, 2.45) is 4.99 Å². The summed E-state index contributed by atoms with van der Waals surface area (Å²) in [5.74, 6) is 1.37. The Morgan fingerprint density at radius 3 is 2.70 bits per heavy atom. The molecule has 3 N–H and O–H groups in total. The summed E-state index contributed by atoms with van der Waals surface area (Å²) in [5.41, 5.74) is 2.61. The molecule has 0 fully saturated rings. The predicted molar refractivity (Wildman–Crippen MR) is 116 cm³/mol. The molecule has 3 aromatic rings. The van der Waals surface area contributed by atoms with E-state index in [4.69, 9.17) is 0 Å². The van der Waals surface area contributed by atoms with E-state index in [1.54, 1.807) is 7.05 Å². The number of pyridine rings is 1. The van der Waals surface area contributed by atoms with Gasteiger partial charge in [0.25, 0.3) is 0 Å². The van der Waals surface area contributed by atoms with Crippen LogP contribution in [0.1, 0.15) is 18.3 Å². The van der Waals surface area contributed by atoms with Crippen molar-refractivity contribution in [3.63, 3.8) is 0 Å². The minimum Gasteiger partial charge on any atom is -0.352 e. The Bertz CT molecular complexity index is 938. The van der Waals surface area contributed by atoms with Gasteiger partial charge in [-0.05, 0) is 29.8 Å². The molecular formula is C18H22IN7O. The quantitative estimate of drug-likeness (QED) is 0.296. The minimum absolute atomic E-state index is 0. The van der Waals surface area contributed by atoms with Crippen molar-refractivity contribution in [3.05, 3.63) is 60.0 Å². The highest BCUT2D eigenvalue weighted by atomic mass is 127. The van der Waals surface area contributed by atoms with Crippen LogP contribution in [0.15, 0.2) is 53.7 Å². The monoisotopic (exact) mass is 479 g/mol. The van der Waals surface area contributed by atoms with Crippen LogP contribution in [0.3, 0.4) is 0 Å². The average molecular weight is 479 g/mol. The highest BCUT2D eigenvalue weighted by Gasteiger charge is 2.06. The van der Waals surface area contributed by atoms with Crippen molar-refractivity contribution >= 4 is 47.2 Å². The van der Waals surface area contributed by atoms with Crippen LogP contribution in [-0.4, -0.2) is 33.5 Å². The molecule has 0 atom stereocenters. The largest absolute Gasteiger partial charge is 0.352 e. The fraction of sp³-hybridized carbons (Fsp3) is 0.222. The Labute approximate surface area is 174 Å². The van der Waals surface area contributed by atoms with Crippen molar-refractivity contribution in [1.82, 2.24) is 25.2 Å². The van der Waals surface area contributed by atoms with Crippen LogP contribution in [0.4, 0.5) is 5.69 Å². The molecule has 0 aliphatic carbocycles. The summed E-state index contributed by atoms with van der Waals surface area (Å²) in [6, 6.07) is 13.4. The Kier molecular flexibility index (Phi) is 7.53. The summed E-state index contributed by atoms with van der Waals surface area (Å²) in [6.07, 6.45) is 1.93. The maximum atomic E-state index is 11.2. The zero-order valence-electron chi connectivity index (χ0n) is 15.1. The number of guanidine groups is 1. The van der Waals surface area contributed by atoms with Crippen molar-refractivity contribution in [2.75, 3.05) is 12.4 Å².